The van der Waals surface area contributed by atoms with Gasteiger partial charge in [0.1, 0.15) is 12.5 Å². The molecule has 1 atom stereocenters. The summed E-state index contributed by atoms with van der Waals surface area (Å²) in [5.41, 5.74) is 0.230. The zero-order valence-electron chi connectivity index (χ0n) is 9.08. The maximum atomic E-state index is 11.9. The Kier molecular flexibility index (Phi) is 4.98. The van der Waals surface area contributed by atoms with Crippen molar-refractivity contribution in [2.24, 2.45) is 0 Å². The third-order valence-electron chi connectivity index (χ3n) is 2.13. The zero-order valence-corrected chi connectivity index (χ0v) is 9.83. The fourth-order valence-electron chi connectivity index (χ4n) is 1.34. The SMILES string of the molecule is O=C(O)C(COCC(F)(F)F)c1ccccc1Cl. The molecule has 0 aliphatic carbocycles. The van der Waals surface area contributed by atoms with Gasteiger partial charge in [0.2, 0.25) is 0 Å². The first-order valence-electron chi connectivity index (χ1n) is 4.93. The molecule has 1 aromatic carbocycles. The Morgan fingerprint density at radius 1 is 1.39 bits per heavy atom. The molecule has 100 valence electrons. The van der Waals surface area contributed by atoms with Crippen LogP contribution in [0.15, 0.2) is 24.3 Å². The lowest BCUT2D eigenvalue weighted by Crippen LogP contribution is -2.23. The van der Waals surface area contributed by atoms with Crippen molar-refractivity contribution >= 4 is 17.6 Å². The van der Waals surface area contributed by atoms with E-state index in [1.165, 1.54) is 12.1 Å². The number of carboxylic acid groups (broad SMARTS) is 1. The predicted octanol–water partition coefficient (Wildman–Crippen LogP) is 3.09. The minimum Gasteiger partial charge on any atom is -0.481 e. The molecule has 0 amide bonds. The van der Waals surface area contributed by atoms with E-state index < -0.39 is 31.3 Å². The van der Waals surface area contributed by atoms with Crippen LogP contribution >= 0.6 is 11.6 Å². The molecule has 3 nitrogen and oxygen atoms in total. The average Bonchev–Trinajstić information content (AvgIpc) is 2.24. The van der Waals surface area contributed by atoms with Gasteiger partial charge in [-0.1, -0.05) is 29.8 Å². The van der Waals surface area contributed by atoms with Crippen LogP contribution in [0.25, 0.3) is 0 Å². The third kappa shape index (κ3) is 4.54. The van der Waals surface area contributed by atoms with Crippen LogP contribution in [0, 0.1) is 0 Å². The fourth-order valence-corrected chi connectivity index (χ4v) is 1.61. The molecular formula is C11H10ClF3O3. The molecule has 0 saturated heterocycles. The highest BCUT2D eigenvalue weighted by atomic mass is 35.5. The van der Waals surface area contributed by atoms with E-state index in [0.717, 1.165) is 0 Å². The van der Waals surface area contributed by atoms with E-state index in [4.69, 9.17) is 16.7 Å². The Balaban J connectivity index is 2.73. The van der Waals surface area contributed by atoms with Crippen LogP contribution in [-0.2, 0) is 9.53 Å². The van der Waals surface area contributed by atoms with Gasteiger partial charge in [-0.05, 0) is 11.6 Å². The van der Waals surface area contributed by atoms with Crippen molar-refractivity contribution in [3.63, 3.8) is 0 Å². The molecule has 1 aromatic rings. The quantitative estimate of drug-likeness (QED) is 0.903. The molecule has 0 aliphatic heterocycles. The van der Waals surface area contributed by atoms with Gasteiger partial charge >= 0.3 is 12.1 Å². The van der Waals surface area contributed by atoms with E-state index in [9.17, 15) is 18.0 Å². The summed E-state index contributed by atoms with van der Waals surface area (Å²) in [5, 5.41) is 9.14. The molecule has 1 rings (SSSR count). The summed E-state index contributed by atoms with van der Waals surface area (Å²) in [6.45, 7) is -2.07. The number of carboxylic acids is 1. The molecule has 0 saturated carbocycles. The van der Waals surface area contributed by atoms with Crippen LogP contribution in [0.2, 0.25) is 5.02 Å². The van der Waals surface area contributed by atoms with Gasteiger partial charge in [-0.25, -0.2) is 0 Å². The van der Waals surface area contributed by atoms with Gasteiger partial charge in [0, 0.05) is 5.02 Å². The summed E-state index contributed by atoms with van der Waals surface area (Å²) < 4.78 is 40.0. The minimum absolute atomic E-state index is 0.181. The molecule has 7 heteroatoms. The number of aliphatic carboxylic acids is 1. The molecule has 0 radical (unpaired) electrons. The van der Waals surface area contributed by atoms with Crippen molar-refractivity contribution in [3.05, 3.63) is 34.9 Å². The van der Waals surface area contributed by atoms with Crippen LogP contribution in [0.5, 0.6) is 0 Å². The molecule has 1 unspecified atom stereocenters. The summed E-state index contributed by atoms with van der Waals surface area (Å²) in [6, 6.07) is 6.07. The number of alkyl halides is 3. The molecule has 0 heterocycles. The van der Waals surface area contributed by atoms with E-state index in [1.807, 2.05) is 0 Å². The van der Waals surface area contributed by atoms with Crippen molar-refractivity contribution in [2.45, 2.75) is 12.1 Å². The van der Waals surface area contributed by atoms with Crippen molar-refractivity contribution in [2.75, 3.05) is 13.2 Å². The van der Waals surface area contributed by atoms with Gasteiger partial charge in [0.25, 0.3) is 0 Å². The molecule has 0 aliphatic rings. The maximum absolute atomic E-state index is 11.9. The zero-order chi connectivity index (χ0) is 13.8. The highest BCUT2D eigenvalue weighted by Gasteiger charge is 2.29. The fraction of sp³-hybridized carbons (Fsp3) is 0.364. The molecule has 0 bridgehead atoms. The lowest BCUT2D eigenvalue weighted by Gasteiger charge is -2.15. The molecular weight excluding hydrogens is 273 g/mol. The van der Waals surface area contributed by atoms with Gasteiger partial charge in [0.05, 0.1) is 6.61 Å². The van der Waals surface area contributed by atoms with E-state index in [-0.39, 0.29) is 10.6 Å². The van der Waals surface area contributed by atoms with Crippen LogP contribution in [-0.4, -0.2) is 30.5 Å². The maximum Gasteiger partial charge on any atom is 0.411 e. The number of hydrogen-bond donors (Lipinski definition) is 1. The third-order valence-corrected chi connectivity index (χ3v) is 2.47. The standard InChI is InChI=1S/C11H10ClF3O3/c12-9-4-2-1-3-7(9)8(10(16)17)5-18-6-11(13,14)15/h1-4,8H,5-6H2,(H,16,17). The molecule has 0 fully saturated rings. The Labute approximate surface area is 106 Å². The number of benzene rings is 1. The van der Waals surface area contributed by atoms with Gasteiger partial charge < -0.3 is 9.84 Å². The first kappa shape index (κ1) is 14.8. The highest BCUT2D eigenvalue weighted by molar-refractivity contribution is 6.31. The summed E-state index contributed by atoms with van der Waals surface area (Å²) in [4.78, 5) is 11.0. The highest BCUT2D eigenvalue weighted by Crippen LogP contribution is 2.25. The monoisotopic (exact) mass is 282 g/mol. The number of hydrogen-bond acceptors (Lipinski definition) is 2. The van der Waals surface area contributed by atoms with Crippen LogP contribution in [0.1, 0.15) is 11.5 Å². The predicted molar refractivity (Wildman–Crippen MR) is 58.7 cm³/mol. The largest absolute Gasteiger partial charge is 0.481 e. The second kappa shape index (κ2) is 6.06. The van der Waals surface area contributed by atoms with Gasteiger partial charge in [-0.15, -0.1) is 0 Å². The lowest BCUT2D eigenvalue weighted by atomic mass is 10.0. The van der Waals surface area contributed by atoms with Gasteiger partial charge in [0.15, 0.2) is 0 Å². The summed E-state index contributed by atoms with van der Waals surface area (Å²) in [5.74, 6) is -2.51. The van der Waals surface area contributed by atoms with Crippen molar-refractivity contribution in [1.82, 2.24) is 0 Å². The Bertz CT molecular complexity index is 420. The number of ether oxygens (including phenoxy) is 1. The van der Waals surface area contributed by atoms with Crippen LogP contribution < -0.4 is 0 Å². The summed E-state index contributed by atoms with van der Waals surface area (Å²) in [7, 11) is 0. The second-order valence-electron chi connectivity index (χ2n) is 3.54. The first-order chi connectivity index (χ1) is 8.31. The van der Waals surface area contributed by atoms with Crippen LogP contribution in [0.4, 0.5) is 13.2 Å². The molecule has 18 heavy (non-hydrogen) atoms. The summed E-state index contributed by atoms with van der Waals surface area (Å²) >= 11 is 5.79. The summed E-state index contributed by atoms with van der Waals surface area (Å²) in [6.07, 6.45) is -4.48. The molecule has 0 spiro atoms. The Morgan fingerprint density at radius 2 is 2.00 bits per heavy atom. The van der Waals surface area contributed by atoms with E-state index in [1.54, 1.807) is 12.1 Å². The normalized spacial score (nSPS) is 13.3. The van der Waals surface area contributed by atoms with Crippen molar-refractivity contribution in [1.29, 1.82) is 0 Å². The van der Waals surface area contributed by atoms with Gasteiger partial charge in [-0.3, -0.25) is 4.79 Å². The number of halogens is 4. The lowest BCUT2D eigenvalue weighted by molar-refractivity contribution is -0.177. The number of rotatable bonds is 5. The van der Waals surface area contributed by atoms with E-state index >= 15 is 0 Å². The minimum atomic E-state index is -4.48. The van der Waals surface area contributed by atoms with Crippen molar-refractivity contribution < 1.29 is 27.8 Å². The Morgan fingerprint density at radius 3 is 2.50 bits per heavy atom. The topological polar surface area (TPSA) is 46.5 Å². The van der Waals surface area contributed by atoms with E-state index in [0.29, 0.717) is 0 Å². The second-order valence-corrected chi connectivity index (χ2v) is 3.95. The molecule has 1 N–H and O–H groups in total. The first-order valence-corrected chi connectivity index (χ1v) is 5.31. The van der Waals surface area contributed by atoms with Gasteiger partial charge in [-0.2, -0.15) is 13.2 Å². The number of carbonyl (C=O) groups is 1. The Hall–Kier alpha value is -1.27. The van der Waals surface area contributed by atoms with Crippen molar-refractivity contribution in [3.8, 4) is 0 Å². The average molecular weight is 283 g/mol. The van der Waals surface area contributed by atoms with E-state index in [2.05, 4.69) is 4.74 Å². The molecule has 0 aromatic heterocycles. The van der Waals surface area contributed by atoms with Crippen LogP contribution in [0.3, 0.4) is 0 Å². The smallest absolute Gasteiger partial charge is 0.411 e.